The maximum absolute atomic E-state index is 6.71. The molecule has 10 rings (SSSR count). The van der Waals surface area contributed by atoms with Crippen molar-refractivity contribution in [3.05, 3.63) is 188 Å². The van der Waals surface area contributed by atoms with Crippen LogP contribution in [0.15, 0.2) is 192 Å². The molecule has 0 N–H and O–H groups in total. The normalized spacial score (nSPS) is 11.6. The van der Waals surface area contributed by atoms with Crippen LogP contribution in [0.1, 0.15) is 0 Å². The fourth-order valence-corrected chi connectivity index (χ4v) is 7.63. The van der Waals surface area contributed by atoms with Crippen molar-refractivity contribution in [1.29, 1.82) is 0 Å². The Morgan fingerprint density at radius 3 is 1.58 bits per heavy atom. The van der Waals surface area contributed by atoms with Crippen molar-refractivity contribution in [2.45, 2.75) is 0 Å². The first kappa shape index (κ1) is 28.4. The minimum atomic E-state index is 0.887. The molecular weight excluding hydrogens is 607 g/mol. The summed E-state index contributed by atoms with van der Waals surface area (Å²) >= 11 is 0. The van der Waals surface area contributed by atoms with Crippen LogP contribution in [0.2, 0.25) is 0 Å². The molecule has 0 bridgehead atoms. The van der Waals surface area contributed by atoms with E-state index in [0.29, 0.717) is 0 Å². The smallest absolute Gasteiger partial charge is 0.143 e. The molecule has 2 aromatic heterocycles. The van der Waals surface area contributed by atoms with E-state index in [-0.39, 0.29) is 0 Å². The monoisotopic (exact) mass is 637 g/mol. The van der Waals surface area contributed by atoms with E-state index in [9.17, 15) is 0 Å². The third-order valence-corrected chi connectivity index (χ3v) is 10.0. The molecule has 10 aromatic rings. The summed E-state index contributed by atoms with van der Waals surface area (Å²) in [6.07, 6.45) is 0. The van der Waals surface area contributed by atoms with Crippen LogP contribution in [0.4, 0.5) is 0 Å². The van der Waals surface area contributed by atoms with E-state index in [4.69, 9.17) is 4.42 Å². The zero-order valence-corrected chi connectivity index (χ0v) is 27.3. The van der Waals surface area contributed by atoms with Crippen LogP contribution < -0.4 is 0 Å². The minimum Gasteiger partial charge on any atom is -0.455 e. The third-order valence-electron chi connectivity index (χ3n) is 10.0. The van der Waals surface area contributed by atoms with Crippen molar-refractivity contribution >= 4 is 43.7 Å². The van der Waals surface area contributed by atoms with E-state index in [1.54, 1.807) is 0 Å². The quantitative estimate of drug-likeness (QED) is 0.184. The lowest BCUT2D eigenvalue weighted by Crippen LogP contribution is -1.97. The molecule has 0 fully saturated rings. The zero-order valence-electron chi connectivity index (χ0n) is 27.3. The lowest BCUT2D eigenvalue weighted by Gasteiger charge is -2.14. The molecule has 0 spiro atoms. The standard InChI is InChI=1S/C48H31NO/c1-2-12-32(13-3-1)33-24-26-34(27-25-33)35-14-10-15-36(30-35)37-28-29-47-43(31-37)42-20-11-19-41(48(42)50-47)40-18-6-9-23-46(40)49-44-21-7-4-16-38(44)39-17-5-8-22-45(39)49/h1-31H. The number of para-hydroxylation sites is 4. The molecule has 2 heteroatoms. The second-order valence-electron chi connectivity index (χ2n) is 12.9. The Morgan fingerprint density at radius 1 is 0.320 bits per heavy atom. The highest BCUT2D eigenvalue weighted by Gasteiger charge is 2.19. The van der Waals surface area contributed by atoms with Gasteiger partial charge in [-0.2, -0.15) is 0 Å². The van der Waals surface area contributed by atoms with E-state index in [1.165, 1.54) is 55.2 Å². The van der Waals surface area contributed by atoms with Gasteiger partial charge in [-0.05, 0) is 69.8 Å². The Kier molecular flexibility index (Phi) is 6.53. The van der Waals surface area contributed by atoms with Gasteiger partial charge in [-0.15, -0.1) is 0 Å². The average molecular weight is 638 g/mol. The fraction of sp³-hybridized carbons (Fsp3) is 0. The number of aromatic nitrogens is 1. The first-order valence-electron chi connectivity index (χ1n) is 17.1. The van der Waals surface area contributed by atoms with Crippen LogP contribution in [0, 0.1) is 0 Å². The molecule has 234 valence electrons. The first-order valence-corrected chi connectivity index (χ1v) is 17.1. The van der Waals surface area contributed by atoms with Gasteiger partial charge in [0.25, 0.3) is 0 Å². The van der Waals surface area contributed by atoms with Gasteiger partial charge in [0.1, 0.15) is 11.2 Å². The first-order chi connectivity index (χ1) is 24.8. The number of rotatable bonds is 5. The lowest BCUT2D eigenvalue weighted by molar-refractivity contribution is 0.670. The average Bonchev–Trinajstić information content (AvgIpc) is 3.74. The van der Waals surface area contributed by atoms with Crippen molar-refractivity contribution in [2.24, 2.45) is 0 Å². The Hall–Kier alpha value is -6.64. The maximum Gasteiger partial charge on any atom is 0.143 e. The Labute approximate surface area is 290 Å². The summed E-state index contributed by atoms with van der Waals surface area (Å²) in [5, 5.41) is 4.73. The molecule has 0 atom stereocenters. The molecule has 0 aliphatic heterocycles. The van der Waals surface area contributed by atoms with E-state index in [1.807, 2.05) is 0 Å². The molecule has 0 saturated heterocycles. The number of hydrogen-bond acceptors (Lipinski definition) is 1. The summed E-state index contributed by atoms with van der Waals surface area (Å²) in [6, 6.07) is 67.3. The van der Waals surface area contributed by atoms with Crippen LogP contribution in [-0.2, 0) is 0 Å². The molecule has 0 amide bonds. The van der Waals surface area contributed by atoms with Gasteiger partial charge in [0.2, 0.25) is 0 Å². The second kappa shape index (κ2) is 11.5. The van der Waals surface area contributed by atoms with Crippen molar-refractivity contribution in [3.8, 4) is 50.2 Å². The van der Waals surface area contributed by atoms with Gasteiger partial charge in [-0.1, -0.05) is 152 Å². The van der Waals surface area contributed by atoms with Crippen LogP contribution >= 0.6 is 0 Å². The molecule has 2 nitrogen and oxygen atoms in total. The SMILES string of the molecule is c1ccc(-c2ccc(-c3cccc(-c4ccc5oc6c(-c7ccccc7-n7c8ccccc8c8ccccc87)cccc6c5c4)c3)cc2)cc1. The van der Waals surface area contributed by atoms with Crippen LogP contribution in [0.25, 0.3) is 93.9 Å². The maximum atomic E-state index is 6.71. The van der Waals surface area contributed by atoms with Gasteiger partial charge >= 0.3 is 0 Å². The van der Waals surface area contributed by atoms with E-state index < -0.39 is 0 Å². The van der Waals surface area contributed by atoms with Crippen LogP contribution in [0.3, 0.4) is 0 Å². The molecule has 2 heterocycles. The second-order valence-corrected chi connectivity index (χ2v) is 12.9. The fourth-order valence-electron chi connectivity index (χ4n) is 7.63. The van der Waals surface area contributed by atoms with Gasteiger partial charge in [0.05, 0.1) is 16.7 Å². The summed E-state index contributed by atoms with van der Waals surface area (Å²) in [6.45, 7) is 0. The topological polar surface area (TPSA) is 18.1 Å². The van der Waals surface area contributed by atoms with Crippen molar-refractivity contribution in [2.75, 3.05) is 0 Å². The van der Waals surface area contributed by atoms with Gasteiger partial charge in [0, 0.05) is 32.7 Å². The predicted octanol–water partition coefficient (Wildman–Crippen LogP) is 13.4. The molecule has 0 aliphatic rings. The van der Waals surface area contributed by atoms with Gasteiger partial charge in [-0.25, -0.2) is 0 Å². The lowest BCUT2D eigenvalue weighted by atomic mass is 9.96. The van der Waals surface area contributed by atoms with Crippen molar-refractivity contribution in [1.82, 2.24) is 4.57 Å². The number of fused-ring (bicyclic) bond motifs is 6. The zero-order chi connectivity index (χ0) is 33.0. The number of furan rings is 1. The molecular formula is C48H31NO. The Morgan fingerprint density at radius 2 is 0.820 bits per heavy atom. The highest BCUT2D eigenvalue weighted by molar-refractivity contribution is 6.13. The summed E-state index contributed by atoms with van der Waals surface area (Å²) in [5.74, 6) is 0. The Bertz CT molecular complexity index is 2800. The number of nitrogens with zero attached hydrogens (tertiary/aromatic N) is 1. The van der Waals surface area contributed by atoms with Gasteiger partial charge < -0.3 is 8.98 Å². The highest BCUT2D eigenvalue weighted by Crippen LogP contribution is 2.41. The molecule has 8 aromatic carbocycles. The largest absolute Gasteiger partial charge is 0.455 e. The third kappa shape index (κ3) is 4.57. The molecule has 0 radical (unpaired) electrons. The van der Waals surface area contributed by atoms with Crippen LogP contribution in [0.5, 0.6) is 0 Å². The summed E-state index contributed by atoms with van der Waals surface area (Å²) in [7, 11) is 0. The summed E-state index contributed by atoms with van der Waals surface area (Å²) < 4.78 is 9.10. The number of benzene rings is 8. The van der Waals surface area contributed by atoms with Gasteiger partial charge in [0.15, 0.2) is 0 Å². The summed E-state index contributed by atoms with van der Waals surface area (Å²) in [5.41, 5.74) is 14.7. The van der Waals surface area contributed by atoms with Crippen LogP contribution in [-0.4, -0.2) is 4.57 Å². The minimum absolute atomic E-state index is 0.887. The summed E-state index contributed by atoms with van der Waals surface area (Å²) in [4.78, 5) is 0. The number of hydrogen-bond donors (Lipinski definition) is 0. The van der Waals surface area contributed by atoms with Gasteiger partial charge in [-0.3, -0.25) is 0 Å². The van der Waals surface area contributed by atoms with E-state index in [0.717, 1.165) is 38.8 Å². The molecule has 0 unspecified atom stereocenters. The molecule has 0 saturated carbocycles. The molecule has 50 heavy (non-hydrogen) atoms. The van der Waals surface area contributed by atoms with Crippen molar-refractivity contribution in [3.63, 3.8) is 0 Å². The predicted molar refractivity (Wildman–Crippen MR) is 210 cm³/mol. The van der Waals surface area contributed by atoms with Crippen molar-refractivity contribution < 1.29 is 4.42 Å². The Balaban J connectivity index is 1.07. The van der Waals surface area contributed by atoms with E-state index in [2.05, 4.69) is 193 Å². The molecule has 0 aliphatic carbocycles. The van der Waals surface area contributed by atoms with E-state index >= 15 is 0 Å². The highest BCUT2D eigenvalue weighted by atomic mass is 16.3.